The summed E-state index contributed by atoms with van der Waals surface area (Å²) in [7, 11) is 3.04. The van der Waals surface area contributed by atoms with Gasteiger partial charge in [-0.1, -0.05) is 0 Å². The zero-order valence-corrected chi connectivity index (χ0v) is 6.77. The maximum atomic E-state index is 10.5. The lowest BCUT2D eigenvalue weighted by atomic mass is 10.5. The summed E-state index contributed by atoms with van der Waals surface area (Å²) >= 11 is 0. The summed E-state index contributed by atoms with van der Waals surface area (Å²) in [5.74, 6) is -1.89. The van der Waals surface area contributed by atoms with Gasteiger partial charge in [0.25, 0.3) is 0 Å². The summed E-state index contributed by atoms with van der Waals surface area (Å²) in [6, 6.07) is 0. The molecule has 0 fully saturated rings. The zero-order valence-electron chi connectivity index (χ0n) is 6.77. The molecule has 70 valence electrons. The van der Waals surface area contributed by atoms with Crippen LogP contribution in [0.25, 0.3) is 0 Å². The lowest BCUT2D eigenvalue weighted by Crippen LogP contribution is -2.16. The minimum atomic E-state index is -1.18. The number of hydroxylamine groups is 2. The molecule has 0 saturated carbocycles. The molecule has 0 saturated heterocycles. The van der Waals surface area contributed by atoms with E-state index in [0.29, 0.717) is 6.08 Å². The maximum absolute atomic E-state index is 10.5. The summed E-state index contributed by atoms with van der Waals surface area (Å²) in [6.07, 6.45) is 1.55. The van der Waals surface area contributed by atoms with Crippen molar-refractivity contribution in [2.24, 2.45) is 0 Å². The molecule has 3 N–H and O–H groups in total. The lowest BCUT2D eigenvalue weighted by Gasteiger charge is -2.06. The molecule has 0 heterocycles. The molecule has 0 amide bonds. The monoisotopic (exact) mass is 177 g/mol. The van der Waals surface area contributed by atoms with Gasteiger partial charge in [-0.15, -0.1) is 5.06 Å². The normalized spacial score (nSPS) is 9.58. The highest BCUT2D eigenvalue weighted by atomic mass is 16.7. The van der Waals surface area contributed by atoms with Crippen LogP contribution in [0.3, 0.4) is 0 Å². The third-order valence-electron chi connectivity index (χ3n) is 0.635. The van der Waals surface area contributed by atoms with Gasteiger partial charge in [-0.2, -0.15) is 0 Å². The first kappa shape index (κ1) is 13.2. The van der Waals surface area contributed by atoms with Crippen LogP contribution in [-0.2, 0) is 14.4 Å². The topological polar surface area (TPSA) is 98.3 Å². The van der Waals surface area contributed by atoms with Gasteiger partial charge in [-0.05, 0) is 0 Å². The molecule has 0 aliphatic heterocycles. The number of nitrogens with zero attached hydrogens (tertiary/aromatic N) is 1. The van der Waals surface area contributed by atoms with E-state index in [1.807, 2.05) is 0 Å². The van der Waals surface area contributed by atoms with E-state index in [9.17, 15) is 9.59 Å². The molecule has 0 atom stereocenters. The van der Waals surface area contributed by atoms with Gasteiger partial charge in [0.2, 0.25) is 0 Å². The Hall–Kier alpha value is -1.40. The molecule has 0 aliphatic carbocycles. The summed E-state index contributed by atoms with van der Waals surface area (Å²) in [4.78, 5) is 24.9. The van der Waals surface area contributed by atoms with Crippen molar-refractivity contribution in [3.05, 3.63) is 12.2 Å². The minimum absolute atomic E-state index is 0. The first-order valence-electron chi connectivity index (χ1n) is 2.82. The predicted octanol–water partition coefficient (Wildman–Crippen LogP) is -1.18. The molecule has 0 aromatic heterocycles. The number of carboxylic acid groups (broad SMARTS) is 1. The van der Waals surface area contributed by atoms with Crippen LogP contribution < -0.4 is 0 Å². The molecule has 0 radical (unpaired) electrons. The van der Waals surface area contributed by atoms with Crippen molar-refractivity contribution in [3.63, 3.8) is 0 Å². The van der Waals surface area contributed by atoms with Gasteiger partial charge in [0, 0.05) is 26.2 Å². The fourth-order valence-electron chi connectivity index (χ4n) is 0.350. The van der Waals surface area contributed by atoms with E-state index in [1.54, 1.807) is 0 Å². The van der Waals surface area contributed by atoms with E-state index in [-0.39, 0.29) is 5.48 Å². The van der Waals surface area contributed by atoms with Crippen molar-refractivity contribution >= 4 is 11.9 Å². The van der Waals surface area contributed by atoms with Crippen LogP contribution in [0.2, 0.25) is 0 Å². The number of rotatable bonds is 3. The van der Waals surface area contributed by atoms with Crippen LogP contribution in [0.4, 0.5) is 0 Å². The Morgan fingerprint density at radius 2 is 1.83 bits per heavy atom. The molecular formula is C6H11NO5. The highest BCUT2D eigenvalue weighted by Crippen LogP contribution is 1.83. The first-order chi connectivity index (χ1) is 5.02. The van der Waals surface area contributed by atoms with Crippen LogP contribution in [0.1, 0.15) is 0 Å². The standard InChI is InChI=1S/C6H9NO4.H2O/c1-7(2)11-6(10)4-3-5(8)9;/h3-4H,1-2H3,(H,8,9);1H2/b4-3+;. The molecule has 0 aromatic rings. The van der Waals surface area contributed by atoms with E-state index in [0.717, 1.165) is 6.08 Å². The number of aliphatic carboxylic acids is 1. The van der Waals surface area contributed by atoms with Crippen molar-refractivity contribution in [1.82, 2.24) is 5.06 Å². The lowest BCUT2D eigenvalue weighted by molar-refractivity contribution is -0.171. The van der Waals surface area contributed by atoms with E-state index in [1.165, 1.54) is 19.2 Å². The highest BCUT2D eigenvalue weighted by molar-refractivity contribution is 5.90. The van der Waals surface area contributed by atoms with Gasteiger partial charge in [-0.3, -0.25) is 0 Å². The third-order valence-corrected chi connectivity index (χ3v) is 0.635. The second-order valence-electron chi connectivity index (χ2n) is 1.89. The Balaban J connectivity index is 0. The van der Waals surface area contributed by atoms with Gasteiger partial charge in [0.05, 0.1) is 0 Å². The van der Waals surface area contributed by atoms with Crippen LogP contribution in [0.5, 0.6) is 0 Å². The summed E-state index contributed by atoms with van der Waals surface area (Å²) in [5.41, 5.74) is 0. The van der Waals surface area contributed by atoms with Gasteiger partial charge in [0.15, 0.2) is 0 Å². The molecule has 0 aromatic carbocycles. The Bertz CT molecular complexity index is 186. The Kier molecular flexibility index (Phi) is 6.96. The fourth-order valence-corrected chi connectivity index (χ4v) is 0.350. The van der Waals surface area contributed by atoms with Crippen molar-refractivity contribution < 1.29 is 25.0 Å². The average molecular weight is 177 g/mol. The maximum Gasteiger partial charge on any atom is 0.349 e. The number of hydrogen-bond acceptors (Lipinski definition) is 4. The van der Waals surface area contributed by atoms with E-state index < -0.39 is 11.9 Å². The van der Waals surface area contributed by atoms with Gasteiger partial charge < -0.3 is 15.4 Å². The number of carbonyl (C=O) groups excluding carboxylic acids is 1. The molecule has 12 heavy (non-hydrogen) atoms. The zero-order chi connectivity index (χ0) is 8.85. The van der Waals surface area contributed by atoms with Crippen molar-refractivity contribution in [3.8, 4) is 0 Å². The largest absolute Gasteiger partial charge is 0.478 e. The quantitative estimate of drug-likeness (QED) is 0.432. The smallest absolute Gasteiger partial charge is 0.349 e. The summed E-state index contributed by atoms with van der Waals surface area (Å²) < 4.78 is 0. The average Bonchev–Trinajstić information content (AvgIpc) is 1.82. The molecule has 6 nitrogen and oxygen atoms in total. The molecule has 0 aliphatic rings. The summed E-state index contributed by atoms with van der Waals surface area (Å²) in [6.45, 7) is 0. The minimum Gasteiger partial charge on any atom is -0.478 e. The van der Waals surface area contributed by atoms with Crippen LogP contribution in [0.15, 0.2) is 12.2 Å². The van der Waals surface area contributed by atoms with Crippen LogP contribution in [0, 0.1) is 0 Å². The van der Waals surface area contributed by atoms with Crippen LogP contribution in [-0.4, -0.2) is 41.7 Å². The number of hydrogen-bond donors (Lipinski definition) is 1. The Morgan fingerprint density at radius 3 is 2.17 bits per heavy atom. The van der Waals surface area contributed by atoms with Crippen molar-refractivity contribution in [2.75, 3.05) is 14.1 Å². The SMILES string of the molecule is CN(C)OC(=O)/C=C/C(=O)O.O. The second-order valence-corrected chi connectivity index (χ2v) is 1.89. The Morgan fingerprint density at radius 1 is 1.33 bits per heavy atom. The molecule has 6 heteroatoms. The van der Waals surface area contributed by atoms with E-state index in [2.05, 4.69) is 4.84 Å². The fraction of sp³-hybridized carbons (Fsp3) is 0.333. The summed E-state index contributed by atoms with van der Waals surface area (Å²) in [5, 5.41) is 9.26. The van der Waals surface area contributed by atoms with Crippen LogP contribution >= 0.6 is 0 Å². The molecule has 0 spiro atoms. The third kappa shape index (κ3) is 8.60. The predicted molar refractivity (Wildman–Crippen MR) is 40.2 cm³/mol. The first-order valence-corrected chi connectivity index (χ1v) is 2.82. The van der Waals surface area contributed by atoms with Gasteiger partial charge in [-0.25, -0.2) is 9.59 Å². The number of carbonyl (C=O) groups is 2. The molecular weight excluding hydrogens is 166 g/mol. The highest BCUT2D eigenvalue weighted by Gasteiger charge is 1.98. The molecule has 0 rings (SSSR count). The van der Waals surface area contributed by atoms with Crippen molar-refractivity contribution in [2.45, 2.75) is 0 Å². The van der Waals surface area contributed by atoms with Gasteiger partial charge in [0.1, 0.15) is 0 Å². The number of carboxylic acids is 1. The molecule has 0 unspecified atom stereocenters. The second kappa shape index (κ2) is 6.32. The Labute approximate surface area is 69.3 Å². The molecule has 0 bridgehead atoms. The van der Waals surface area contributed by atoms with E-state index >= 15 is 0 Å². The van der Waals surface area contributed by atoms with Crippen molar-refractivity contribution in [1.29, 1.82) is 0 Å². The van der Waals surface area contributed by atoms with Gasteiger partial charge >= 0.3 is 11.9 Å². The van der Waals surface area contributed by atoms with E-state index in [4.69, 9.17) is 5.11 Å².